The highest BCUT2D eigenvalue weighted by Crippen LogP contribution is 2.11. The fourth-order valence-electron chi connectivity index (χ4n) is 3.11. The summed E-state index contributed by atoms with van der Waals surface area (Å²) in [5.74, 6) is 11.6. The molecule has 1 N–H and O–H groups in total. The van der Waals surface area contributed by atoms with Gasteiger partial charge in [0, 0.05) is 19.3 Å². The van der Waals surface area contributed by atoms with Gasteiger partial charge in [0.25, 0.3) is 0 Å². The van der Waals surface area contributed by atoms with Crippen LogP contribution in [-0.4, -0.2) is 11.1 Å². The Morgan fingerprint density at radius 2 is 0.964 bits per heavy atom. The minimum Gasteiger partial charge on any atom is -0.481 e. The average Bonchev–Trinajstić information content (AvgIpc) is 2.65. The highest BCUT2D eigenvalue weighted by Gasteiger charge is 1.96. The molecule has 0 aliphatic heterocycles. The molecule has 0 saturated carbocycles. The molecule has 0 aromatic heterocycles. The molecule has 3 heteroatoms. The molecule has 0 saturated heterocycles. The standard InChI is InChI=1S/C25H42O2.ClH/c1-2-3-4-5-6-7-8-9-10-11-12-13-14-15-16-17-18-19-20-21-22-23-24-25(26)27;/h2-12,17-24H2,1H3,(H,26,27);1H. The lowest BCUT2D eigenvalue weighted by Gasteiger charge is -2.00. The summed E-state index contributed by atoms with van der Waals surface area (Å²) in [7, 11) is 0. The molecule has 0 aromatic rings. The van der Waals surface area contributed by atoms with E-state index in [0.29, 0.717) is 6.42 Å². The normalized spacial score (nSPS) is 9.61. The summed E-state index contributed by atoms with van der Waals surface area (Å²) in [5, 5.41) is 8.55. The number of halogens is 1. The van der Waals surface area contributed by atoms with E-state index in [9.17, 15) is 4.79 Å². The Labute approximate surface area is 181 Å². The minimum absolute atomic E-state index is 0. The first-order valence-corrected chi connectivity index (χ1v) is 11.4. The van der Waals surface area contributed by atoms with E-state index in [4.69, 9.17) is 5.11 Å². The van der Waals surface area contributed by atoms with Crippen molar-refractivity contribution in [1.82, 2.24) is 0 Å². The molecular formula is C25H43ClO2. The van der Waals surface area contributed by atoms with Gasteiger partial charge in [-0.05, 0) is 31.1 Å². The van der Waals surface area contributed by atoms with Crippen LogP contribution in [-0.2, 0) is 4.79 Å². The first-order chi connectivity index (χ1) is 13.3. The number of hydrogen-bond donors (Lipinski definition) is 1. The van der Waals surface area contributed by atoms with Gasteiger partial charge in [0.2, 0.25) is 0 Å². The number of rotatable bonds is 18. The lowest BCUT2D eigenvalue weighted by molar-refractivity contribution is -0.137. The highest BCUT2D eigenvalue weighted by atomic mass is 35.5. The summed E-state index contributed by atoms with van der Waals surface area (Å²) in [4.78, 5) is 10.4. The maximum atomic E-state index is 10.4. The van der Waals surface area contributed by atoms with Gasteiger partial charge >= 0.3 is 5.97 Å². The monoisotopic (exact) mass is 410 g/mol. The SMILES string of the molecule is CCCCCCCCCCCCC#CC#CCCCCCCCCC(=O)O.Cl. The fraction of sp³-hybridized carbons (Fsp3) is 0.800. The molecule has 0 radical (unpaired) electrons. The lowest BCUT2D eigenvalue weighted by Crippen LogP contribution is -1.93. The fourth-order valence-corrected chi connectivity index (χ4v) is 3.11. The van der Waals surface area contributed by atoms with Crippen molar-refractivity contribution in [3.63, 3.8) is 0 Å². The van der Waals surface area contributed by atoms with E-state index in [1.165, 1.54) is 77.0 Å². The van der Waals surface area contributed by atoms with E-state index in [0.717, 1.165) is 38.5 Å². The van der Waals surface area contributed by atoms with Crippen LogP contribution < -0.4 is 0 Å². The molecular weight excluding hydrogens is 368 g/mol. The van der Waals surface area contributed by atoms with E-state index >= 15 is 0 Å². The number of carboxylic acid groups (broad SMARTS) is 1. The van der Waals surface area contributed by atoms with Crippen LogP contribution in [0.3, 0.4) is 0 Å². The maximum absolute atomic E-state index is 10.4. The van der Waals surface area contributed by atoms with Crippen molar-refractivity contribution in [1.29, 1.82) is 0 Å². The molecule has 0 rings (SSSR count). The van der Waals surface area contributed by atoms with E-state index in [1.54, 1.807) is 0 Å². The summed E-state index contributed by atoms with van der Waals surface area (Å²) < 4.78 is 0. The van der Waals surface area contributed by atoms with Crippen LogP contribution in [0, 0.1) is 23.7 Å². The Kier molecular flexibility index (Phi) is 26.9. The topological polar surface area (TPSA) is 37.3 Å². The van der Waals surface area contributed by atoms with Gasteiger partial charge in [0.05, 0.1) is 0 Å². The number of aliphatic carboxylic acids is 1. The molecule has 0 aliphatic carbocycles. The quantitative estimate of drug-likeness (QED) is 0.184. The highest BCUT2D eigenvalue weighted by molar-refractivity contribution is 5.85. The van der Waals surface area contributed by atoms with Gasteiger partial charge in [-0.2, -0.15) is 0 Å². The van der Waals surface area contributed by atoms with Crippen LogP contribution in [0.1, 0.15) is 129 Å². The van der Waals surface area contributed by atoms with Crippen LogP contribution in [0.25, 0.3) is 0 Å². The summed E-state index contributed by atoms with van der Waals surface area (Å²) in [6.07, 6.45) is 22.4. The Morgan fingerprint density at radius 3 is 1.36 bits per heavy atom. The summed E-state index contributed by atoms with van der Waals surface area (Å²) in [5.41, 5.74) is 0. The molecule has 0 amide bonds. The predicted octanol–water partition coefficient (Wildman–Crippen LogP) is 7.93. The smallest absolute Gasteiger partial charge is 0.303 e. The van der Waals surface area contributed by atoms with Gasteiger partial charge in [-0.25, -0.2) is 0 Å². The van der Waals surface area contributed by atoms with Gasteiger partial charge in [0.1, 0.15) is 0 Å². The number of carbonyl (C=O) groups is 1. The van der Waals surface area contributed by atoms with Crippen molar-refractivity contribution in [2.45, 2.75) is 129 Å². The zero-order valence-corrected chi connectivity index (χ0v) is 19.0. The van der Waals surface area contributed by atoms with E-state index in [2.05, 4.69) is 30.6 Å². The first kappa shape index (κ1) is 29.1. The van der Waals surface area contributed by atoms with Crippen molar-refractivity contribution in [3.05, 3.63) is 0 Å². The second-order valence-electron chi connectivity index (χ2n) is 7.55. The van der Waals surface area contributed by atoms with Crippen molar-refractivity contribution in [3.8, 4) is 23.7 Å². The molecule has 0 bridgehead atoms. The van der Waals surface area contributed by atoms with Gasteiger partial charge in [-0.3, -0.25) is 4.79 Å². The predicted molar refractivity (Wildman–Crippen MR) is 124 cm³/mol. The van der Waals surface area contributed by atoms with E-state index in [-0.39, 0.29) is 12.4 Å². The largest absolute Gasteiger partial charge is 0.481 e. The Bertz CT molecular complexity index is 451. The molecule has 0 fully saturated rings. The van der Waals surface area contributed by atoms with Crippen LogP contribution in [0.5, 0.6) is 0 Å². The van der Waals surface area contributed by atoms with Crippen LogP contribution in [0.4, 0.5) is 0 Å². The molecule has 162 valence electrons. The van der Waals surface area contributed by atoms with Crippen molar-refractivity contribution in [2.24, 2.45) is 0 Å². The number of hydrogen-bond acceptors (Lipinski definition) is 1. The molecule has 28 heavy (non-hydrogen) atoms. The zero-order chi connectivity index (χ0) is 19.8. The van der Waals surface area contributed by atoms with Crippen LogP contribution in [0.15, 0.2) is 0 Å². The summed E-state index contributed by atoms with van der Waals surface area (Å²) >= 11 is 0. The summed E-state index contributed by atoms with van der Waals surface area (Å²) in [6, 6.07) is 0. The first-order valence-electron chi connectivity index (χ1n) is 11.4. The van der Waals surface area contributed by atoms with Gasteiger partial charge in [-0.15, -0.1) is 12.4 Å². The van der Waals surface area contributed by atoms with Gasteiger partial charge < -0.3 is 5.11 Å². The molecule has 0 heterocycles. The molecule has 0 aliphatic rings. The van der Waals surface area contributed by atoms with Crippen LogP contribution >= 0.6 is 12.4 Å². The van der Waals surface area contributed by atoms with E-state index in [1.807, 2.05) is 0 Å². The Morgan fingerprint density at radius 1 is 0.607 bits per heavy atom. The Balaban J connectivity index is 0. The summed E-state index contributed by atoms with van der Waals surface area (Å²) in [6.45, 7) is 2.27. The third-order valence-corrected chi connectivity index (χ3v) is 4.84. The second-order valence-corrected chi connectivity index (χ2v) is 7.55. The molecule has 0 unspecified atom stereocenters. The third kappa shape index (κ3) is 27.1. The lowest BCUT2D eigenvalue weighted by atomic mass is 10.1. The van der Waals surface area contributed by atoms with Crippen molar-refractivity contribution >= 4 is 18.4 Å². The average molecular weight is 411 g/mol. The van der Waals surface area contributed by atoms with Gasteiger partial charge in [0.15, 0.2) is 0 Å². The number of carboxylic acids is 1. The molecule has 2 nitrogen and oxygen atoms in total. The van der Waals surface area contributed by atoms with Crippen molar-refractivity contribution < 1.29 is 9.90 Å². The third-order valence-electron chi connectivity index (χ3n) is 4.84. The van der Waals surface area contributed by atoms with Gasteiger partial charge in [-0.1, -0.05) is 102 Å². The number of unbranched alkanes of at least 4 members (excludes halogenated alkanes) is 16. The Hall–Kier alpha value is -1.12. The molecule has 0 atom stereocenters. The molecule has 0 spiro atoms. The molecule has 0 aromatic carbocycles. The maximum Gasteiger partial charge on any atom is 0.303 e. The minimum atomic E-state index is -0.681. The zero-order valence-electron chi connectivity index (χ0n) is 18.2. The van der Waals surface area contributed by atoms with Crippen LogP contribution in [0.2, 0.25) is 0 Å². The van der Waals surface area contributed by atoms with E-state index < -0.39 is 5.97 Å². The second kappa shape index (κ2) is 25.9. The van der Waals surface area contributed by atoms with Crippen molar-refractivity contribution in [2.75, 3.05) is 0 Å².